The molecular weight excluding hydrogens is 420 g/mol. The SMILES string of the molecule is CC(C)N1CCN(c2cccc3nc([C@H]4CCC[C@@H](c5ncccc5Cl)N4C)cn23)CC1. The second-order valence-corrected chi connectivity index (χ2v) is 9.80. The lowest BCUT2D eigenvalue weighted by atomic mass is 9.92. The van der Waals surface area contributed by atoms with E-state index in [2.05, 4.69) is 69.4 Å². The third-order valence-electron chi connectivity index (χ3n) is 7.24. The van der Waals surface area contributed by atoms with Crippen LogP contribution in [-0.2, 0) is 0 Å². The maximum absolute atomic E-state index is 6.50. The largest absolute Gasteiger partial charge is 0.355 e. The Bertz CT molecular complexity index is 1070. The lowest BCUT2D eigenvalue weighted by molar-refractivity contribution is 0.110. The highest BCUT2D eigenvalue weighted by molar-refractivity contribution is 6.31. The number of piperidine rings is 1. The maximum Gasteiger partial charge on any atom is 0.138 e. The minimum absolute atomic E-state index is 0.218. The number of pyridine rings is 2. The molecule has 0 aliphatic carbocycles. The van der Waals surface area contributed by atoms with Gasteiger partial charge in [0.05, 0.1) is 28.5 Å². The number of halogens is 1. The second-order valence-electron chi connectivity index (χ2n) is 9.39. The first-order valence-electron chi connectivity index (χ1n) is 11.8. The van der Waals surface area contributed by atoms with E-state index in [9.17, 15) is 0 Å². The summed E-state index contributed by atoms with van der Waals surface area (Å²) in [5, 5.41) is 0.753. The molecule has 0 aromatic carbocycles. The zero-order valence-corrected chi connectivity index (χ0v) is 20.0. The molecule has 0 bridgehead atoms. The molecule has 0 amide bonds. The third-order valence-corrected chi connectivity index (χ3v) is 7.56. The summed E-state index contributed by atoms with van der Waals surface area (Å²) in [6.45, 7) is 8.87. The summed E-state index contributed by atoms with van der Waals surface area (Å²) in [6, 6.07) is 11.4. The predicted molar refractivity (Wildman–Crippen MR) is 130 cm³/mol. The van der Waals surface area contributed by atoms with Gasteiger partial charge in [0.2, 0.25) is 0 Å². The molecule has 0 N–H and O–H groups in total. The summed E-state index contributed by atoms with van der Waals surface area (Å²) in [5.41, 5.74) is 3.14. The van der Waals surface area contributed by atoms with Crippen molar-refractivity contribution in [3.63, 3.8) is 0 Å². The molecule has 2 aliphatic rings. The number of hydrogen-bond acceptors (Lipinski definition) is 5. The van der Waals surface area contributed by atoms with Crippen LogP contribution in [0.4, 0.5) is 5.82 Å². The van der Waals surface area contributed by atoms with Crippen LogP contribution in [0, 0.1) is 0 Å². The fourth-order valence-corrected chi connectivity index (χ4v) is 5.61. The summed E-state index contributed by atoms with van der Waals surface area (Å²) >= 11 is 6.50. The molecule has 170 valence electrons. The normalized spacial score (nSPS) is 23.3. The Morgan fingerprint density at radius 1 is 1.00 bits per heavy atom. The first-order valence-corrected chi connectivity index (χ1v) is 12.2. The minimum atomic E-state index is 0.218. The number of rotatable bonds is 4. The third kappa shape index (κ3) is 4.00. The number of hydrogen-bond donors (Lipinski definition) is 0. The Kier molecular flexibility index (Phi) is 6.10. The average molecular weight is 453 g/mol. The van der Waals surface area contributed by atoms with E-state index in [1.54, 1.807) is 0 Å². The van der Waals surface area contributed by atoms with Crippen molar-refractivity contribution >= 4 is 23.1 Å². The van der Waals surface area contributed by atoms with Crippen LogP contribution in [0.5, 0.6) is 0 Å². The fourth-order valence-electron chi connectivity index (χ4n) is 5.36. The number of piperazine rings is 1. The van der Waals surface area contributed by atoms with Crippen molar-refractivity contribution in [2.75, 3.05) is 38.1 Å². The van der Waals surface area contributed by atoms with Crippen molar-refractivity contribution in [3.8, 4) is 0 Å². The first kappa shape index (κ1) is 21.7. The molecule has 2 saturated heterocycles. The van der Waals surface area contributed by atoms with Crippen LogP contribution in [0.1, 0.15) is 56.6 Å². The standard InChI is InChI=1S/C25H33ClN6/c1-18(2)30-13-15-31(16-14-30)24-11-5-10-23-28-20(17-32(23)24)21-8-4-9-22(29(21)3)25-19(26)7-6-12-27-25/h5-7,10-12,17-18,21-22H,4,8-9,13-16H2,1-3H3/t21-,22+/m1/s1. The zero-order chi connectivity index (χ0) is 22.2. The number of fused-ring (bicyclic) bond motifs is 1. The van der Waals surface area contributed by atoms with Gasteiger partial charge >= 0.3 is 0 Å². The number of anilines is 1. The molecule has 0 spiro atoms. The van der Waals surface area contributed by atoms with E-state index in [1.165, 1.54) is 5.82 Å². The fraction of sp³-hybridized carbons (Fsp3) is 0.520. The smallest absolute Gasteiger partial charge is 0.138 e. The maximum atomic E-state index is 6.50. The van der Waals surface area contributed by atoms with Gasteiger partial charge in [-0.1, -0.05) is 17.7 Å². The molecule has 3 aromatic rings. The van der Waals surface area contributed by atoms with E-state index in [4.69, 9.17) is 16.6 Å². The van der Waals surface area contributed by atoms with Crippen LogP contribution in [0.15, 0.2) is 42.7 Å². The molecule has 0 saturated carbocycles. The number of likely N-dealkylation sites (tertiary alicyclic amines) is 1. The van der Waals surface area contributed by atoms with E-state index in [0.29, 0.717) is 6.04 Å². The van der Waals surface area contributed by atoms with Crippen molar-refractivity contribution in [2.24, 2.45) is 0 Å². The quantitative estimate of drug-likeness (QED) is 0.568. The first-order chi connectivity index (χ1) is 15.5. The van der Waals surface area contributed by atoms with Gasteiger partial charge in [-0.15, -0.1) is 0 Å². The molecule has 7 heteroatoms. The van der Waals surface area contributed by atoms with Gasteiger partial charge in [0.1, 0.15) is 11.5 Å². The van der Waals surface area contributed by atoms with E-state index >= 15 is 0 Å². The molecule has 2 atom stereocenters. The molecular formula is C25H33ClN6. The molecule has 2 aliphatic heterocycles. The molecule has 0 unspecified atom stereocenters. The van der Waals surface area contributed by atoms with Gasteiger partial charge in [0.25, 0.3) is 0 Å². The Hall–Kier alpha value is -2.15. The Balaban J connectivity index is 1.42. The number of nitrogens with zero attached hydrogens (tertiary/aromatic N) is 6. The van der Waals surface area contributed by atoms with Crippen molar-refractivity contribution in [2.45, 2.75) is 51.2 Å². The van der Waals surface area contributed by atoms with Gasteiger partial charge in [-0.2, -0.15) is 0 Å². The highest BCUT2D eigenvalue weighted by atomic mass is 35.5. The van der Waals surface area contributed by atoms with Crippen LogP contribution in [0.25, 0.3) is 5.65 Å². The lowest BCUT2D eigenvalue weighted by Gasteiger charge is -2.39. The number of aromatic nitrogens is 3. The van der Waals surface area contributed by atoms with Crippen LogP contribution >= 0.6 is 11.6 Å². The van der Waals surface area contributed by atoms with Crippen LogP contribution in [0.2, 0.25) is 5.02 Å². The topological polar surface area (TPSA) is 39.9 Å². The Morgan fingerprint density at radius 3 is 2.53 bits per heavy atom. The van der Waals surface area contributed by atoms with Gasteiger partial charge in [0, 0.05) is 44.6 Å². The molecule has 3 aromatic heterocycles. The summed E-state index contributed by atoms with van der Waals surface area (Å²) in [4.78, 5) is 17.1. The van der Waals surface area contributed by atoms with Crippen LogP contribution < -0.4 is 4.90 Å². The highest BCUT2D eigenvalue weighted by Gasteiger charge is 2.33. The van der Waals surface area contributed by atoms with Gasteiger partial charge in [-0.3, -0.25) is 19.2 Å². The predicted octanol–water partition coefficient (Wildman–Crippen LogP) is 4.81. The summed E-state index contributed by atoms with van der Waals surface area (Å²) < 4.78 is 2.28. The molecule has 6 nitrogen and oxygen atoms in total. The minimum Gasteiger partial charge on any atom is -0.355 e. The van der Waals surface area contributed by atoms with Gasteiger partial charge in [0.15, 0.2) is 0 Å². The van der Waals surface area contributed by atoms with Crippen molar-refractivity contribution in [3.05, 3.63) is 59.1 Å². The summed E-state index contributed by atoms with van der Waals surface area (Å²) in [5.74, 6) is 1.24. The molecule has 32 heavy (non-hydrogen) atoms. The molecule has 0 radical (unpaired) electrons. The summed E-state index contributed by atoms with van der Waals surface area (Å²) in [6.07, 6.45) is 7.41. The monoisotopic (exact) mass is 452 g/mol. The lowest BCUT2D eigenvalue weighted by Crippen LogP contribution is -2.49. The van der Waals surface area contributed by atoms with Crippen LogP contribution in [0.3, 0.4) is 0 Å². The van der Waals surface area contributed by atoms with E-state index < -0.39 is 0 Å². The molecule has 2 fully saturated rings. The Morgan fingerprint density at radius 2 is 1.78 bits per heavy atom. The van der Waals surface area contributed by atoms with Crippen molar-refractivity contribution in [1.82, 2.24) is 24.2 Å². The van der Waals surface area contributed by atoms with Crippen molar-refractivity contribution in [1.29, 1.82) is 0 Å². The Labute approximate surface area is 195 Å². The van der Waals surface area contributed by atoms with Crippen molar-refractivity contribution < 1.29 is 0 Å². The summed E-state index contributed by atoms with van der Waals surface area (Å²) in [7, 11) is 2.19. The molecule has 5 heterocycles. The van der Waals surface area contributed by atoms with Gasteiger partial charge in [-0.25, -0.2) is 4.98 Å². The second kappa shape index (κ2) is 9.00. The van der Waals surface area contributed by atoms with E-state index in [0.717, 1.165) is 67.5 Å². The van der Waals surface area contributed by atoms with E-state index in [1.807, 2.05) is 18.3 Å². The van der Waals surface area contributed by atoms with Gasteiger partial charge in [-0.05, 0) is 64.4 Å². The number of imidazole rings is 1. The van der Waals surface area contributed by atoms with Gasteiger partial charge < -0.3 is 4.90 Å². The molecule has 5 rings (SSSR count). The highest BCUT2D eigenvalue weighted by Crippen LogP contribution is 2.41. The van der Waals surface area contributed by atoms with E-state index in [-0.39, 0.29) is 12.1 Å². The average Bonchev–Trinajstić information content (AvgIpc) is 3.24. The zero-order valence-electron chi connectivity index (χ0n) is 19.3. The van der Waals surface area contributed by atoms with Crippen LogP contribution in [-0.4, -0.2) is 63.4 Å².